The van der Waals surface area contributed by atoms with E-state index in [0.29, 0.717) is 12.3 Å². The molecule has 1 unspecified atom stereocenters. The van der Waals surface area contributed by atoms with Gasteiger partial charge >= 0.3 is 6.03 Å². The first-order chi connectivity index (χ1) is 9.53. The molecule has 20 heavy (non-hydrogen) atoms. The number of carbonyl (C=O) groups excluding carboxylic acids is 1. The van der Waals surface area contributed by atoms with Crippen molar-refractivity contribution in [3.8, 4) is 0 Å². The Bertz CT molecular complexity index is 437. The number of carbonyl (C=O) groups is 1. The standard InChI is InChI=1S/C15H24N2O3/c1-4-8-15(2,11-18)17-14(19)16-13-7-5-6-12(9-13)10-20-3/h5-7,9,18H,4,8,10-11H2,1-3H3,(H2,16,17,19). The number of rotatable bonds is 7. The summed E-state index contributed by atoms with van der Waals surface area (Å²) in [6.45, 7) is 4.26. The van der Waals surface area contributed by atoms with Gasteiger partial charge in [0.25, 0.3) is 0 Å². The molecule has 0 fully saturated rings. The van der Waals surface area contributed by atoms with E-state index >= 15 is 0 Å². The van der Waals surface area contributed by atoms with Gasteiger partial charge in [-0.2, -0.15) is 0 Å². The second-order valence-electron chi connectivity index (χ2n) is 5.18. The minimum Gasteiger partial charge on any atom is -0.394 e. The molecule has 112 valence electrons. The topological polar surface area (TPSA) is 70.6 Å². The molecule has 0 aromatic heterocycles. The molecule has 0 heterocycles. The minimum absolute atomic E-state index is 0.0853. The van der Waals surface area contributed by atoms with Gasteiger partial charge in [0, 0.05) is 12.8 Å². The summed E-state index contributed by atoms with van der Waals surface area (Å²) in [6.07, 6.45) is 1.61. The van der Waals surface area contributed by atoms with Crippen molar-refractivity contribution < 1.29 is 14.6 Å². The van der Waals surface area contributed by atoms with E-state index in [1.54, 1.807) is 7.11 Å². The minimum atomic E-state index is -0.594. The number of ether oxygens (including phenoxy) is 1. The van der Waals surface area contributed by atoms with E-state index in [1.165, 1.54) is 0 Å². The second-order valence-corrected chi connectivity index (χ2v) is 5.18. The van der Waals surface area contributed by atoms with Crippen LogP contribution in [0.25, 0.3) is 0 Å². The predicted octanol–water partition coefficient (Wildman–Crippen LogP) is 2.51. The highest BCUT2D eigenvalue weighted by Gasteiger charge is 2.24. The quantitative estimate of drug-likeness (QED) is 0.718. The van der Waals surface area contributed by atoms with Gasteiger partial charge in [0.1, 0.15) is 0 Å². The normalized spacial score (nSPS) is 13.6. The highest BCUT2D eigenvalue weighted by atomic mass is 16.5. The van der Waals surface area contributed by atoms with Gasteiger partial charge in [0.05, 0.1) is 18.8 Å². The number of urea groups is 1. The Morgan fingerprint density at radius 3 is 2.80 bits per heavy atom. The summed E-state index contributed by atoms with van der Waals surface area (Å²) in [4.78, 5) is 12.0. The molecule has 0 aliphatic heterocycles. The average molecular weight is 280 g/mol. The molecule has 0 saturated carbocycles. The molecule has 1 aromatic rings. The zero-order valence-corrected chi connectivity index (χ0v) is 12.4. The molecule has 1 atom stereocenters. The third-order valence-electron chi connectivity index (χ3n) is 3.06. The molecule has 1 rings (SSSR count). The number of hydrogen-bond acceptors (Lipinski definition) is 3. The molecule has 3 N–H and O–H groups in total. The van der Waals surface area contributed by atoms with E-state index in [9.17, 15) is 9.90 Å². The van der Waals surface area contributed by atoms with Gasteiger partial charge in [0.15, 0.2) is 0 Å². The molecule has 1 aromatic carbocycles. The van der Waals surface area contributed by atoms with E-state index in [-0.39, 0.29) is 12.6 Å². The zero-order valence-electron chi connectivity index (χ0n) is 12.4. The Morgan fingerprint density at radius 2 is 2.20 bits per heavy atom. The van der Waals surface area contributed by atoms with Gasteiger partial charge in [-0.05, 0) is 31.0 Å². The maximum Gasteiger partial charge on any atom is 0.319 e. The Morgan fingerprint density at radius 1 is 1.45 bits per heavy atom. The zero-order chi connectivity index (χ0) is 15.0. The molecule has 0 radical (unpaired) electrons. The van der Waals surface area contributed by atoms with Crippen LogP contribution in [0.5, 0.6) is 0 Å². The predicted molar refractivity (Wildman–Crippen MR) is 79.7 cm³/mol. The van der Waals surface area contributed by atoms with Crippen molar-refractivity contribution in [2.75, 3.05) is 19.0 Å². The molecule has 0 bridgehead atoms. The molecule has 5 heteroatoms. The van der Waals surface area contributed by atoms with E-state index < -0.39 is 5.54 Å². The van der Waals surface area contributed by atoms with Gasteiger partial charge in [0.2, 0.25) is 0 Å². The number of nitrogens with one attached hydrogen (secondary N) is 2. The van der Waals surface area contributed by atoms with Crippen molar-refractivity contribution >= 4 is 11.7 Å². The lowest BCUT2D eigenvalue weighted by Crippen LogP contribution is -2.50. The summed E-state index contributed by atoms with van der Waals surface area (Å²) in [5, 5.41) is 15.0. The van der Waals surface area contributed by atoms with E-state index in [1.807, 2.05) is 38.1 Å². The van der Waals surface area contributed by atoms with Crippen LogP contribution in [0.4, 0.5) is 10.5 Å². The number of amides is 2. The number of anilines is 1. The summed E-state index contributed by atoms with van der Waals surface area (Å²) in [5.41, 5.74) is 1.10. The van der Waals surface area contributed by atoms with Gasteiger partial charge in [-0.15, -0.1) is 0 Å². The van der Waals surface area contributed by atoms with Gasteiger partial charge in [-0.25, -0.2) is 4.79 Å². The number of aliphatic hydroxyl groups excluding tert-OH is 1. The summed E-state index contributed by atoms with van der Waals surface area (Å²) >= 11 is 0. The van der Waals surface area contributed by atoms with E-state index in [2.05, 4.69) is 10.6 Å². The van der Waals surface area contributed by atoms with Crippen molar-refractivity contribution in [3.63, 3.8) is 0 Å². The summed E-state index contributed by atoms with van der Waals surface area (Å²) in [5.74, 6) is 0. The maximum atomic E-state index is 12.0. The third kappa shape index (κ3) is 5.19. The molecule has 0 spiro atoms. The monoisotopic (exact) mass is 280 g/mol. The lowest BCUT2D eigenvalue weighted by Gasteiger charge is -2.28. The average Bonchev–Trinajstić information content (AvgIpc) is 2.39. The van der Waals surface area contributed by atoms with Crippen LogP contribution in [0, 0.1) is 0 Å². The maximum absolute atomic E-state index is 12.0. The molecule has 0 saturated heterocycles. The Kier molecular flexibility index (Phi) is 6.48. The van der Waals surface area contributed by atoms with Crippen LogP contribution in [0.15, 0.2) is 24.3 Å². The summed E-state index contributed by atoms with van der Waals surface area (Å²) < 4.78 is 5.06. The number of methoxy groups -OCH3 is 1. The largest absolute Gasteiger partial charge is 0.394 e. The van der Waals surface area contributed by atoms with Crippen LogP contribution in [-0.2, 0) is 11.3 Å². The Hall–Kier alpha value is -1.59. The smallest absolute Gasteiger partial charge is 0.319 e. The van der Waals surface area contributed by atoms with Gasteiger partial charge in [-0.3, -0.25) is 0 Å². The first kappa shape index (κ1) is 16.5. The molecular weight excluding hydrogens is 256 g/mol. The van der Waals surface area contributed by atoms with Crippen molar-refractivity contribution in [2.24, 2.45) is 0 Å². The van der Waals surface area contributed by atoms with Crippen LogP contribution in [-0.4, -0.2) is 30.4 Å². The van der Waals surface area contributed by atoms with Gasteiger partial charge in [-0.1, -0.05) is 25.5 Å². The molecular formula is C15H24N2O3. The Balaban J connectivity index is 2.63. The Labute approximate surface area is 120 Å². The molecule has 2 amide bonds. The molecule has 0 aliphatic rings. The van der Waals surface area contributed by atoms with Crippen LogP contribution in [0.1, 0.15) is 32.3 Å². The highest BCUT2D eigenvalue weighted by Crippen LogP contribution is 2.14. The summed E-state index contributed by atoms with van der Waals surface area (Å²) in [6, 6.07) is 7.15. The number of benzene rings is 1. The lowest BCUT2D eigenvalue weighted by atomic mass is 9.98. The van der Waals surface area contributed by atoms with Crippen molar-refractivity contribution in [1.29, 1.82) is 0 Å². The highest BCUT2D eigenvalue weighted by molar-refractivity contribution is 5.89. The molecule has 5 nitrogen and oxygen atoms in total. The number of hydrogen-bond donors (Lipinski definition) is 3. The lowest BCUT2D eigenvalue weighted by molar-refractivity contribution is 0.167. The van der Waals surface area contributed by atoms with Gasteiger partial charge < -0.3 is 20.5 Å². The SMILES string of the molecule is CCCC(C)(CO)NC(=O)Nc1cccc(COC)c1. The van der Waals surface area contributed by atoms with Crippen LogP contribution >= 0.6 is 0 Å². The van der Waals surface area contributed by atoms with E-state index in [0.717, 1.165) is 18.4 Å². The van der Waals surface area contributed by atoms with E-state index in [4.69, 9.17) is 4.74 Å². The summed E-state index contributed by atoms with van der Waals surface area (Å²) in [7, 11) is 1.63. The fraction of sp³-hybridized carbons (Fsp3) is 0.533. The van der Waals surface area contributed by atoms with Crippen molar-refractivity contribution in [2.45, 2.75) is 38.8 Å². The molecule has 0 aliphatic carbocycles. The third-order valence-corrected chi connectivity index (χ3v) is 3.06. The van der Waals surface area contributed by atoms with Crippen LogP contribution in [0.2, 0.25) is 0 Å². The van der Waals surface area contributed by atoms with Crippen LogP contribution in [0.3, 0.4) is 0 Å². The van der Waals surface area contributed by atoms with Crippen molar-refractivity contribution in [3.05, 3.63) is 29.8 Å². The first-order valence-corrected chi connectivity index (χ1v) is 6.81. The number of aliphatic hydroxyl groups is 1. The fourth-order valence-corrected chi connectivity index (χ4v) is 2.07. The van der Waals surface area contributed by atoms with Crippen molar-refractivity contribution in [1.82, 2.24) is 5.32 Å². The second kappa shape index (κ2) is 7.87. The van der Waals surface area contributed by atoms with Crippen LogP contribution < -0.4 is 10.6 Å². The fourth-order valence-electron chi connectivity index (χ4n) is 2.07. The first-order valence-electron chi connectivity index (χ1n) is 6.81.